The van der Waals surface area contributed by atoms with Crippen molar-refractivity contribution < 1.29 is 9.53 Å². The molecule has 30 heavy (non-hydrogen) atoms. The summed E-state index contributed by atoms with van der Waals surface area (Å²) in [6, 6.07) is 5.52. The summed E-state index contributed by atoms with van der Waals surface area (Å²) in [5.41, 5.74) is 1.11. The van der Waals surface area contributed by atoms with Gasteiger partial charge in [0.15, 0.2) is 0 Å². The first-order chi connectivity index (χ1) is 14.7. The van der Waals surface area contributed by atoms with Gasteiger partial charge in [-0.2, -0.15) is 0 Å². The van der Waals surface area contributed by atoms with Gasteiger partial charge in [-0.15, -0.1) is 10.2 Å². The van der Waals surface area contributed by atoms with Crippen molar-refractivity contribution in [2.75, 3.05) is 32.8 Å². The first kappa shape index (κ1) is 19.4. The zero-order valence-corrected chi connectivity index (χ0v) is 17.0. The first-order valence-electron chi connectivity index (χ1n) is 10.8. The van der Waals surface area contributed by atoms with Gasteiger partial charge < -0.3 is 24.1 Å². The summed E-state index contributed by atoms with van der Waals surface area (Å²) < 4.78 is 9.44. The number of aromatic nitrogens is 4. The molecular weight excluding hydrogens is 384 g/mol. The van der Waals surface area contributed by atoms with Gasteiger partial charge in [0.2, 0.25) is 5.91 Å². The number of rotatable bonds is 6. The molecule has 0 unspecified atom stereocenters. The Kier molecular flexibility index (Phi) is 5.39. The van der Waals surface area contributed by atoms with Crippen LogP contribution in [0.25, 0.3) is 0 Å². The Morgan fingerprint density at radius 2 is 2.07 bits per heavy atom. The second kappa shape index (κ2) is 8.31. The highest BCUT2D eigenvalue weighted by atomic mass is 16.5. The van der Waals surface area contributed by atoms with Crippen LogP contribution in [0.4, 0.5) is 0 Å². The topological polar surface area (TPSA) is 94.3 Å². The van der Waals surface area contributed by atoms with Crippen LogP contribution in [0, 0.1) is 5.92 Å². The number of carbonyl (C=O) groups excluding carboxylic acids is 1. The quantitative estimate of drug-likeness (QED) is 0.738. The van der Waals surface area contributed by atoms with Crippen LogP contribution in [-0.2, 0) is 16.1 Å². The number of hydrogen-bond acceptors (Lipinski definition) is 6. The van der Waals surface area contributed by atoms with E-state index in [0.717, 1.165) is 51.1 Å². The SMILES string of the molecule is O=C(NC[C@H]1[C@H]2C[C@H](CN(CCn3cnnc3)C2)c2cccc(=O)n21)[C@H]1CCCO1. The molecule has 160 valence electrons. The molecule has 0 aromatic carbocycles. The molecule has 2 aromatic heterocycles. The van der Waals surface area contributed by atoms with Gasteiger partial charge in [-0.3, -0.25) is 9.59 Å². The Balaban J connectivity index is 1.33. The number of likely N-dealkylation sites (tertiary alicyclic amines) is 1. The predicted octanol–water partition coefficient (Wildman–Crippen LogP) is 0.395. The molecule has 5 heterocycles. The van der Waals surface area contributed by atoms with Gasteiger partial charge in [0.25, 0.3) is 5.56 Å². The molecule has 0 radical (unpaired) electrons. The van der Waals surface area contributed by atoms with Crippen LogP contribution in [0.5, 0.6) is 0 Å². The number of nitrogens with zero attached hydrogens (tertiary/aromatic N) is 5. The van der Waals surface area contributed by atoms with E-state index in [1.807, 2.05) is 15.2 Å². The maximum atomic E-state index is 12.8. The molecule has 2 aromatic rings. The third-order valence-corrected chi connectivity index (χ3v) is 6.72. The number of piperidine rings is 1. The van der Waals surface area contributed by atoms with Gasteiger partial charge in [-0.1, -0.05) is 6.07 Å². The van der Waals surface area contributed by atoms with Crippen molar-refractivity contribution in [1.82, 2.24) is 29.5 Å². The number of amides is 1. The molecule has 0 saturated carbocycles. The fourth-order valence-electron chi connectivity index (χ4n) is 5.28. The zero-order chi connectivity index (χ0) is 20.5. The lowest BCUT2D eigenvalue weighted by Gasteiger charge is -2.47. The fraction of sp³-hybridized carbons (Fsp3) is 0.619. The number of nitrogens with one attached hydrogen (secondary N) is 1. The lowest BCUT2D eigenvalue weighted by Crippen LogP contribution is -2.52. The highest BCUT2D eigenvalue weighted by Crippen LogP contribution is 2.40. The van der Waals surface area contributed by atoms with Crippen molar-refractivity contribution in [2.24, 2.45) is 5.92 Å². The monoisotopic (exact) mass is 412 g/mol. The van der Waals surface area contributed by atoms with Gasteiger partial charge in [0, 0.05) is 57.0 Å². The summed E-state index contributed by atoms with van der Waals surface area (Å²) in [6.07, 6.45) is 5.88. The summed E-state index contributed by atoms with van der Waals surface area (Å²) in [5.74, 6) is 0.603. The number of pyridine rings is 1. The molecule has 0 aliphatic carbocycles. The molecule has 9 heteroatoms. The average molecular weight is 412 g/mol. The van der Waals surface area contributed by atoms with Crippen LogP contribution in [-0.4, -0.2) is 69.0 Å². The van der Waals surface area contributed by atoms with E-state index in [1.165, 1.54) is 0 Å². The van der Waals surface area contributed by atoms with E-state index in [0.29, 0.717) is 25.0 Å². The minimum absolute atomic E-state index is 0.0245. The van der Waals surface area contributed by atoms with Crippen molar-refractivity contribution in [2.45, 2.75) is 43.9 Å². The van der Waals surface area contributed by atoms with E-state index in [2.05, 4.69) is 26.5 Å². The van der Waals surface area contributed by atoms with Crippen molar-refractivity contribution in [3.8, 4) is 0 Å². The van der Waals surface area contributed by atoms with Crippen molar-refractivity contribution in [3.05, 3.63) is 46.9 Å². The first-order valence-corrected chi connectivity index (χ1v) is 10.8. The van der Waals surface area contributed by atoms with Crippen LogP contribution < -0.4 is 10.9 Å². The number of carbonyl (C=O) groups is 1. The smallest absolute Gasteiger partial charge is 0.251 e. The normalized spacial score (nSPS) is 28.3. The van der Waals surface area contributed by atoms with Gasteiger partial charge in [0.1, 0.15) is 18.8 Å². The van der Waals surface area contributed by atoms with Crippen molar-refractivity contribution in [1.29, 1.82) is 0 Å². The molecule has 1 N–H and O–H groups in total. The third kappa shape index (κ3) is 3.79. The standard InChI is InChI=1S/C21H28N6O3/c28-20-5-1-3-17-15-9-16(12-25(11-15)6-7-26-13-23-24-14-26)18(27(17)20)10-22-21(29)19-4-2-8-30-19/h1,3,5,13-16,18-19H,2,4,6-12H2,(H,22,29)/t15-,16+,18+,19-/m1/s1. The van der Waals surface area contributed by atoms with E-state index in [4.69, 9.17) is 4.74 Å². The van der Waals surface area contributed by atoms with Crippen LogP contribution >= 0.6 is 0 Å². The molecule has 5 rings (SSSR count). The molecule has 1 amide bonds. The molecule has 2 saturated heterocycles. The van der Waals surface area contributed by atoms with Gasteiger partial charge in [0.05, 0.1) is 6.04 Å². The maximum Gasteiger partial charge on any atom is 0.251 e. The molecule has 4 atom stereocenters. The lowest BCUT2D eigenvalue weighted by molar-refractivity contribution is -0.130. The second-order valence-electron chi connectivity index (χ2n) is 8.63. The number of hydrogen-bond donors (Lipinski definition) is 1. The summed E-state index contributed by atoms with van der Waals surface area (Å²) in [6.45, 7) is 4.73. The van der Waals surface area contributed by atoms with E-state index in [9.17, 15) is 9.59 Å². The summed E-state index contributed by atoms with van der Waals surface area (Å²) in [7, 11) is 0. The molecule has 0 spiro atoms. The van der Waals surface area contributed by atoms with E-state index >= 15 is 0 Å². The fourth-order valence-corrected chi connectivity index (χ4v) is 5.28. The third-order valence-electron chi connectivity index (χ3n) is 6.72. The average Bonchev–Trinajstić information content (AvgIpc) is 3.47. The molecule has 3 aliphatic rings. The lowest BCUT2D eigenvalue weighted by atomic mass is 9.78. The summed E-state index contributed by atoms with van der Waals surface area (Å²) >= 11 is 0. The molecule has 9 nitrogen and oxygen atoms in total. The minimum atomic E-state index is -0.347. The Labute approximate surface area is 175 Å². The zero-order valence-electron chi connectivity index (χ0n) is 17.0. The van der Waals surface area contributed by atoms with E-state index < -0.39 is 0 Å². The number of ether oxygens (including phenoxy) is 1. The minimum Gasteiger partial charge on any atom is -0.368 e. The van der Waals surface area contributed by atoms with Gasteiger partial charge in [-0.25, -0.2) is 0 Å². The Morgan fingerprint density at radius 3 is 2.87 bits per heavy atom. The van der Waals surface area contributed by atoms with Crippen LogP contribution in [0.2, 0.25) is 0 Å². The van der Waals surface area contributed by atoms with Crippen molar-refractivity contribution in [3.63, 3.8) is 0 Å². The Morgan fingerprint density at radius 1 is 1.20 bits per heavy atom. The highest BCUT2D eigenvalue weighted by Gasteiger charge is 2.40. The predicted molar refractivity (Wildman–Crippen MR) is 109 cm³/mol. The Hall–Kier alpha value is -2.52. The highest BCUT2D eigenvalue weighted by molar-refractivity contribution is 5.80. The maximum absolute atomic E-state index is 12.8. The second-order valence-corrected chi connectivity index (χ2v) is 8.63. The largest absolute Gasteiger partial charge is 0.368 e. The molecular formula is C21H28N6O3. The van der Waals surface area contributed by atoms with E-state index in [-0.39, 0.29) is 23.6 Å². The van der Waals surface area contributed by atoms with Crippen LogP contribution in [0.3, 0.4) is 0 Å². The van der Waals surface area contributed by atoms with Gasteiger partial charge in [-0.05, 0) is 31.2 Å². The van der Waals surface area contributed by atoms with Crippen LogP contribution in [0.15, 0.2) is 35.6 Å². The molecule has 3 aliphatic heterocycles. The van der Waals surface area contributed by atoms with Crippen molar-refractivity contribution >= 4 is 5.91 Å². The molecule has 2 fully saturated rings. The molecule has 2 bridgehead atoms. The summed E-state index contributed by atoms with van der Waals surface area (Å²) in [5, 5.41) is 10.8. The Bertz CT molecular complexity index is 936. The summed E-state index contributed by atoms with van der Waals surface area (Å²) in [4.78, 5) is 27.7. The number of fused-ring (bicyclic) bond motifs is 4. The van der Waals surface area contributed by atoms with Gasteiger partial charge >= 0.3 is 0 Å². The van der Waals surface area contributed by atoms with E-state index in [1.54, 1.807) is 18.7 Å². The van der Waals surface area contributed by atoms with Crippen LogP contribution in [0.1, 0.15) is 36.9 Å².